The van der Waals surface area contributed by atoms with Gasteiger partial charge in [-0.25, -0.2) is 0 Å². The number of benzene rings is 2. The highest BCUT2D eigenvalue weighted by Crippen LogP contribution is 2.36. The van der Waals surface area contributed by atoms with E-state index in [0.29, 0.717) is 11.7 Å². The summed E-state index contributed by atoms with van der Waals surface area (Å²) in [7, 11) is 0. The Morgan fingerprint density at radius 2 is 1.80 bits per heavy atom. The lowest BCUT2D eigenvalue weighted by molar-refractivity contribution is -0.137. The largest absolute Gasteiger partial charge is 0.484 e. The van der Waals surface area contributed by atoms with Crippen LogP contribution < -0.4 is 10.1 Å². The minimum Gasteiger partial charge on any atom is -0.484 e. The number of anilines is 1. The van der Waals surface area contributed by atoms with Crippen molar-refractivity contribution in [3.05, 3.63) is 58.6 Å². The molecule has 7 heteroatoms. The summed E-state index contributed by atoms with van der Waals surface area (Å²) in [5.74, 6) is 0.320. The van der Waals surface area contributed by atoms with Gasteiger partial charge in [0.05, 0.1) is 10.6 Å². The van der Waals surface area contributed by atoms with Crippen molar-refractivity contribution in [3.8, 4) is 5.75 Å². The van der Waals surface area contributed by atoms with E-state index >= 15 is 0 Å². The molecule has 0 aliphatic carbocycles. The van der Waals surface area contributed by atoms with Crippen LogP contribution in [0.3, 0.4) is 0 Å². The number of ether oxygens (including phenoxy) is 1. The highest BCUT2D eigenvalue weighted by atomic mass is 35.5. The summed E-state index contributed by atoms with van der Waals surface area (Å²) in [4.78, 5) is 11.9. The molecule has 0 aliphatic heterocycles. The normalized spacial score (nSPS) is 11.5. The van der Waals surface area contributed by atoms with E-state index in [1.54, 1.807) is 12.1 Å². The third kappa shape index (κ3) is 5.39. The van der Waals surface area contributed by atoms with Gasteiger partial charge in [0.25, 0.3) is 5.91 Å². The molecule has 0 radical (unpaired) electrons. The predicted molar refractivity (Wildman–Crippen MR) is 91.1 cm³/mol. The molecule has 0 fully saturated rings. The van der Waals surface area contributed by atoms with Gasteiger partial charge in [0.15, 0.2) is 6.61 Å². The maximum atomic E-state index is 12.8. The summed E-state index contributed by atoms with van der Waals surface area (Å²) >= 11 is 5.54. The van der Waals surface area contributed by atoms with Crippen molar-refractivity contribution >= 4 is 23.2 Å². The van der Waals surface area contributed by atoms with E-state index < -0.39 is 22.7 Å². The van der Waals surface area contributed by atoms with Crippen LogP contribution >= 0.6 is 11.6 Å². The van der Waals surface area contributed by atoms with Gasteiger partial charge >= 0.3 is 6.18 Å². The Balaban J connectivity index is 1.96. The van der Waals surface area contributed by atoms with Crippen LogP contribution in [0.15, 0.2) is 42.5 Å². The second kappa shape index (κ2) is 7.78. The van der Waals surface area contributed by atoms with Gasteiger partial charge in [0, 0.05) is 5.69 Å². The van der Waals surface area contributed by atoms with Crippen LogP contribution in [0.4, 0.5) is 18.9 Å². The molecule has 0 atom stereocenters. The zero-order valence-electron chi connectivity index (χ0n) is 13.7. The number of alkyl halides is 3. The van der Waals surface area contributed by atoms with E-state index in [1.165, 1.54) is 6.07 Å². The molecule has 0 aromatic heterocycles. The number of hydrogen-bond donors (Lipinski definition) is 1. The van der Waals surface area contributed by atoms with Crippen LogP contribution in [0.1, 0.15) is 30.9 Å². The third-order valence-corrected chi connectivity index (χ3v) is 3.80. The molecular formula is C18H17ClF3NO2. The van der Waals surface area contributed by atoms with Crippen LogP contribution in [0, 0.1) is 0 Å². The molecule has 1 amide bonds. The summed E-state index contributed by atoms with van der Waals surface area (Å²) in [6.07, 6.45) is -4.59. The third-order valence-electron chi connectivity index (χ3n) is 3.47. The fourth-order valence-corrected chi connectivity index (χ4v) is 2.34. The second-order valence-corrected chi connectivity index (χ2v) is 6.16. The fraction of sp³-hybridized carbons (Fsp3) is 0.278. The van der Waals surface area contributed by atoms with Gasteiger partial charge in [-0.2, -0.15) is 13.2 Å². The SMILES string of the molecule is CC(C)c1ccc(OCC(=O)Nc2ccc(Cl)c(C(F)(F)F)c2)cc1. The fourth-order valence-electron chi connectivity index (χ4n) is 2.12. The number of amides is 1. The Hall–Kier alpha value is -2.21. The van der Waals surface area contributed by atoms with E-state index in [2.05, 4.69) is 19.2 Å². The average Bonchev–Trinajstić information content (AvgIpc) is 2.54. The molecule has 0 unspecified atom stereocenters. The van der Waals surface area contributed by atoms with Gasteiger partial charge in [-0.05, 0) is 41.8 Å². The molecule has 0 spiro atoms. The number of nitrogens with one attached hydrogen (secondary N) is 1. The Labute approximate surface area is 148 Å². The van der Waals surface area contributed by atoms with E-state index in [-0.39, 0.29) is 12.3 Å². The lowest BCUT2D eigenvalue weighted by Crippen LogP contribution is -2.20. The van der Waals surface area contributed by atoms with Crippen molar-refractivity contribution < 1.29 is 22.7 Å². The van der Waals surface area contributed by atoms with Crippen LogP contribution in [0.2, 0.25) is 5.02 Å². The molecular weight excluding hydrogens is 355 g/mol. The lowest BCUT2D eigenvalue weighted by atomic mass is 10.0. The van der Waals surface area contributed by atoms with Crippen molar-refractivity contribution in [2.75, 3.05) is 11.9 Å². The summed E-state index contributed by atoms with van der Waals surface area (Å²) in [6, 6.07) is 10.5. The summed E-state index contributed by atoms with van der Waals surface area (Å²) < 4.78 is 43.7. The zero-order valence-corrected chi connectivity index (χ0v) is 14.4. The van der Waals surface area contributed by atoms with Gasteiger partial charge in [-0.3, -0.25) is 4.79 Å². The molecule has 2 aromatic carbocycles. The van der Waals surface area contributed by atoms with Crippen molar-refractivity contribution in [2.45, 2.75) is 25.9 Å². The quantitative estimate of drug-likeness (QED) is 0.753. The Bertz CT molecular complexity index is 743. The van der Waals surface area contributed by atoms with E-state index in [1.807, 2.05) is 12.1 Å². The Morgan fingerprint density at radius 1 is 1.16 bits per heavy atom. The van der Waals surface area contributed by atoms with E-state index in [9.17, 15) is 18.0 Å². The topological polar surface area (TPSA) is 38.3 Å². The molecule has 134 valence electrons. The van der Waals surface area contributed by atoms with Crippen LogP contribution in [0.5, 0.6) is 5.75 Å². The van der Waals surface area contributed by atoms with Gasteiger partial charge in [-0.1, -0.05) is 37.6 Å². The number of rotatable bonds is 5. The minimum absolute atomic E-state index is 0.000445. The Morgan fingerprint density at radius 3 is 2.36 bits per heavy atom. The predicted octanol–water partition coefficient (Wildman–Crippen LogP) is 5.50. The summed E-state index contributed by atoms with van der Waals surface area (Å²) in [5, 5.41) is 1.93. The first-order valence-corrected chi connectivity index (χ1v) is 7.94. The summed E-state index contributed by atoms with van der Waals surface area (Å²) in [6.45, 7) is 3.81. The smallest absolute Gasteiger partial charge is 0.417 e. The summed E-state index contributed by atoms with van der Waals surface area (Å²) in [5.41, 5.74) is 0.135. The van der Waals surface area contributed by atoms with Crippen molar-refractivity contribution in [3.63, 3.8) is 0 Å². The number of halogens is 4. The first-order chi connectivity index (χ1) is 11.7. The van der Waals surface area contributed by atoms with Gasteiger partial charge in [0.2, 0.25) is 0 Å². The molecule has 0 saturated heterocycles. The van der Waals surface area contributed by atoms with Crippen molar-refractivity contribution in [1.29, 1.82) is 0 Å². The lowest BCUT2D eigenvalue weighted by Gasteiger charge is -2.12. The van der Waals surface area contributed by atoms with Crippen LogP contribution in [-0.2, 0) is 11.0 Å². The number of carbonyl (C=O) groups is 1. The zero-order chi connectivity index (χ0) is 18.6. The van der Waals surface area contributed by atoms with Crippen molar-refractivity contribution in [1.82, 2.24) is 0 Å². The molecule has 2 aromatic rings. The van der Waals surface area contributed by atoms with E-state index in [0.717, 1.165) is 17.7 Å². The highest BCUT2D eigenvalue weighted by Gasteiger charge is 2.33. The number of carbonyl (C=O) groups excluding carboxylic acids is 1. The molecule has 3 nitrogen and oxygen atoms in total. The van der Waals surface area contributed by atoms with Crippen molar-refractivity contribution in [2.24, 2.45) is 0 Å². The first-order valence-electron chi connectivity index (χ1n) is 7.56. The Kier molecular flexibility index (Phi) is 5.95. The second-order valence-electron chi connectivity index (χ2n) is 5.75. The maximum Gasteiger partial charge on any atom is 0.417 e. The standard InChI is InChI=1S/C18H17ClF3NO2/c1-11(2)12-3-6-14(7-4-12)25-10-17(24)23-13-5-8-16(19)15(9-13)18(20,21)22/h3-9,11H,10H2,1-2H3,(H,23,24). The van der Waals surface area contributed by atoms with Gasteiger partial charge in [0.1, 0.15) is 5.75 Å². The highest BCUT2D eigenvalue weighted by molar-refractivity contribution is 6.31. The monoisotopic (exact) mass is 371 g/mol. The molecule has 0 bridgehead atoms. The molecule has 2 rings (SSSR count). The average molecular weight is 372 g/mol. The minimum atomic E-state index is -4.59. The van der Waals surface area contributed by atoms with Crippen LogP contribution in [-0.4, -0.2) is 12.5 Å². The molecule has 0 saturated carbocycles. The van der Waals surface area contributed by atoms with E-state index in [4.69, 9.17) is 16.3 Å². The number of hydrogen-bond acceptors (Lipinski definition) is 2. The van der Waals surface area contributed by atoms with Gasteiger partial charge in [-0.15, -0.1) is 0 Å². The molecule has 0 heterocycles. The molecule has 0 aliphatic rings. The maximum absolute atomic E-state index is 12.8. The molecule has 25 heavy (non-hydrogen) atoms. The first kappa shape index (κ1) is 19.1. The molecule has 1 N–H and O–H groups in total. The van der Waals surface area contributed by atoms with Crippen LogP contribution in [0.25, 0.3) is 0 Å². The van der Waals surface area contributed by atoms with Gasteiger partial charge < -0.3 is 10.1 Å².